The van der Waals surface area contributed by atoms with Gasteiger partial charge in [-0.05, 0) is 18.9 Å². The molecule has 2 rings (SSSR count). The zero-order valence-corrected chi connectivity index (χ0v) is 9.30. The van der Waals surface area contributed by atoms with Crippen LogP contribution in [0.4, 0.5) is 5.69 Å². The van der Waals surface area contributed by atoms with E-state index in [9.17, 15) is 5.11 Å². The fourth-order valence-electron chi connectivity index (χ4n) is 1.99. The molecule has 1 aromatic heterocycles. The summed E-state index contributed by atoms with van der Waals surface area (Å²) in [5, 5.41) is 13.9. The molecule has 1 aliphatic rings. The van der Waals surface area contributed by atoms with E-state index in [-0.39, 0.29) is 0 Å². The first-order valence-electron chi connectivity index (χ1n) is 5.25. The Morgan fingerprint density at radius 2 is 2.20 bits per heavy atom. The molecular weight excluding hydrogens is 212 g/mol. The van der Waals surface area contributed by atoms with Gasteiger partial charge in [0.15, 0.2) is 0 Å². The molecule has 0 spiro atoms. The van der Waals surface area contributed by atoms with Crippen molar-refractivity contribution in [2.75, 3.05) is 11.9 Å². The van der Waals surface area contributed by atoms with Crippen LogP contribution in [0.25, 0.3) is 0 Å². The maximum Gasteiger partial charge on any atom is 0.0820 e. The number of halogens is 1. The molecule has 0 aromatic carbocycles. The van der Waals surface area contributed by atoms with Gasteiger partial charge in [-0.1, -0.05) is 24.4 Å². The van der Waals surface area contributed by atoms with E-state index in [1.165, 1.54) is 0 Å². The van der Waals surface area contributed by atoms with Crippen molar-refractivity contribution >= 4 is 17.3 Å². The normalized spacial score (nSPS) is 19.1. The van der Waals surface area contributed by atoms with Crippen molar-refractivity contribution in [2.24, 2.45) is 0 Å². The molecule has 1 heterocycles. The summed E-state index contributed by atoms with van der Waals surface area (Å²) in [7, 11) is 0. The molecule has 82 valence electrons. The zero-order valence-electron chi connectivity index (χ0n) is 8.54. The van der Waals surface area contributed by atoms with Crippen molar-refractivity contribution in [1.29, 1.82) is 0 Å². The topological polar surface area (TPSA) is 45.1 Å². The third-order valence-electron chi connectivity index (χ3n) is 2.91. The van der Waals surface area contributed by atoms with Crippen LogP contribution in [-0.4, -0.2) is 22.2 Å². The van der Waals surface area contributed by atoms with Crippen molar-refractivity contribution in [1.82, 2.24) is 4.98 Å². The minimum Gasteiger partial charge on any atom is -0.388 e. The number of aliphatic hydroxyl groups is 1. The van der Waals surface area contributed by atoms with E-state index in [4.69, 9.17) is 11.6 Å². The number of nitrogens with zero attached hydrogens (tertiary/aromatic N) is 1. The Labute approximate surface area is 94.5 Å². The van der Waals surface area contributed by atoms with Gasteiger partial charge in [0.25, 0.3) is 0 Å². The molecule has 1 saturated carbocycles. The molecule has 15 heavy (non-hydrogen) atoms. The van der Waals surface area contributed by atoms with Crippen LogP contribution >= 0.6 is 11.6 Å². The highest BCUT2D eigenvalue weighted by atomic mass is 35.5. The molecule has 0 amide bonds. The Morgan fingerprint density at radius 1 is 1.47 bits per heavy atom. The van der Waals surface area contributed by atoms with Gasteiger partial charge in [-0.2, -0.15) is 0 Å². The van der Waals surface area contributed by atoms with Crippen LogP contribution in [-0.2, 0) is 0 Å². The maximum atomic E-state index is 10.1. The molecule has 2 N–H and O–H groups in total. The second-order valence-electron chi connectivity index (χ2n) is 4.14. The summed E-state index contributed by atoms with van der Waals surface area (Å²) in [6.45, 7) is 0.566. The number of aromatic nitrogens is 1. The van der Waals surface area contributed by atoms with Crippen molar-refractivity contribution in [3.8, 4) is 0 Å². The van der Waals surface area contributed by atoms with Crippen molar-refractivity contribution in [3.05, 3.63) is 23.5 Å². The Balaban J connectivity index is 1.95. The van der Waals surface area contributed by atoms with Gasteiger partial charge < -0.3 is 10.4 Å². The highest BCUT2D eigenvalue weighted by Gasteiger charge is 2.30. The van der Waals surface area contributed by atoms with Gasteiger partial charge in [-0.25, -0.2) is 0 Å². The van der Waals surface area contributed by atoms with Gasteiger partial charge >= 0.3 is 0 Å². The van der Waals surface area contributed by atoms with E-state index < -0.39 is 5.60 Å². The number of hydrogen-bond acceptors (Lipinski definition) is 3. The quantitative estimate of drug-likeness (QED) is 0.832. The first-order valence-corrected chi connectivity index (χ1v) is 5.63. The van der Waals surface area contributed by atoms with Gasteiger partial charge in [0.2, 0.25) is 0 Å². The summed E-state index contributed by atoms with van der Waals surface area (Å²) in [6.07, 6.45) is 7.27. The third-order valence-corrected chi connectivity index (χ3v) is 3.22. The van der Waals surface area contributed by atoms with Gasteiger partial charge in [0, 0.05) is 18.9 Å². The number of rotatable bonds is 3. The SMILES string of the molecule is OC1(CNc2ccncc2Cl)CCCC1. The van der Waals surface area contributed by atoms with Crippen LogP contribution in [0.5, 0.6) is 0 Å². The van der Waals surface area contributed by atoms with Crippen LogP contribution in [0.2, 0.25) is 5.02 Å². The molecule has 1 aromatic rings. The molecule has 0 radical (unpaired) electrons. The maximum absolute atomic E-state index is 10.1. The summed E-state index contributed by atoms with van der Waals surface area (Å²) in [5.74, 6) is 0. The van der Waals surface area contributed by atoms with Gasteiger partial charge in [-0.3, -0.25) is 4.98 Å². The molecule has 0 aliphatic heterocycles. The molecule has 1 aliphatic carbocycles. The van der Waals surface area contributed by atoms with Crippen LogP contribution in [0.15, 0.2) is 18.5 Å². The summed E-state index contributed by atoms with van der Waals surface area (Å²) >= 11 is 5.95. The molecular formula is C11H15ClN2O. The molecule has 0 bridgehead atoms. The van der Waals surface area contributed by atoms with Crippen LogP contribution in [0.1, 0.15) is 25.7 Å². The summed E-state index contributed by atoms with van der Waals surface area (Å²) in [5.41, 5.74) is 0.291. The second-order valence-corrected chi connectivity index (χ2v) is 4.55. The van der Waals surface area contributed by atoms with Crippen molar-refractivity contribution in [2.45, 2.75) is 31.3 Å². The van der Waals surface area contributed by atoms with Crippen LogP contribution in [0, 0.1) is 0 Å². The van der Waals surface area contributed by atoms with E-state index in [0.717, 1.165) is 31.4 Å². The smallest absolute Gasteiger partial charge is 0.0820 e. The van der Waals surface area contributed by atoms with Gasteiger partial charge in [0.05, 0.1) is 16.3 Å². The first kappa shape index (κ1) is 10.7. The Bertz CT molecular complexity index is 337. The van der Waals surface area contributed by atoms with E-state index in [0.29, 0.717) is 11.6 Å². The van der Waals surface area contributed by atoms with Crippen LogP contribution in [0.3, 0.4) is 0 Å². The van der Waals surface area contributed by atoms with Gasteiger partial charge in [0.1, 0.15) is 0 Å². The number of pyridine rings is 1. The number of hydrogen-bond donors (Lipinski definition) is 2. The fourth-order valence-corrected chi connectivity index (χ4v) is 2.17. The lowest BCUT2D eigenvalue weighted by molar-refractivity contribution is 0.0615. The van der Waals surface area contributed by atoms with Crippen molar-refractivity contribution < 1.29 is 5.11 Å². The summed E-state index contributed by atoms with van der Waals surface area (Å²) in [4.78, 5) is 3.91. The first-order chi connectivity index (χ1) is 7.20. The zero-order chi connectivity index (χ0) is 10.7. The summed E-state index contributed by atoms with van der Waals surface area (Å²) < 4.78 is 0. The van der Waals surface area contributed by atoms with E-state index in [1.807, 2.05) is 6.07 Å². The molecule has 1 fully saturated rings. The minimum absolute atomic E-state index is 0.549. The molecule has 3 nitrogen and oxygen atoms in total. The van der Waals surface area contributed by atoms with E-state index >= 15 is 0 Å². The number of anilines is 1. The molecule has 0 saturated heterocycles. The molecule has 0 atom stereocenters. The molecule has 0 unspecified atom stereocenters. The average molecular weight is 227 g/mol. The predicted molar refractivity (Wildman–Crippen MR) is 61.2 cm³/mol. The van der Waals surface area contributed by atoms with Gasteiger partial charge in [-0.15, -0.1) is 0 Å². The molecule has 4 heteroatoms. The summed E-state index contributed by atoms with van der Waals surface area (Å²) in [6, 6.07) is 1.82. The Kier molecular flexibility index (Phi) is 3.12. The highest BCUT2D eigenvalue weighted by Crippen LogP contribution is 2.30. The highest BCUT2D eigenvalue weighted by molar-refractivity contribution is 6.33. The monoisotopic (exact) mass is 226 g/mol. The predicted octanol–water partition coefficient (Wildman–Crippen LogP) is 2.45. The Hall–Kier alpha value is -0.800. The lowest BCUT2D eigenvalue weighted by atomic mass is 10.0. The number of nitrogens with one attached hydrogen (secondary N) is 1. The fraction of sp³-hybridized carbons (Fsp3) is 0.545. The van der Waals surface area contributed by atoms with E-state index in [2.05, 4.69) is 10.3 Å². The second kappa shape index (κ2) is 4.37. The van der Waals surface area contributed by atoms with Crippen LogP contribution < -0.4 is 5.32 Å². The lowest BCUT2D eigenvalue weighted by Crippen LogP contribution is -2.33. The average Bonchev–Trinajstić information content (AvgIpc) is 2.65. The standard InChI is InChI=1S/C11H15ClN2O/c12-9-7-13-6-3-10(9)14-8-11(15)4-1-2-5-11/h3,6-7,15H,1-2,4-5,8H2,(H,13,14). The van der Waals surface area contributed by atoms with E-state index in [1.54, 1.807) is 12.4 Å². The Morgan fingerprint density at radius 3 is 2.87 bits per heavy atom. The largest absolute Gasteiger partial charge is 0.388 e. The van der Waals surface area contributed by atoms with Crippen molar-refractivity contribution in [3.63, 3.8) is 0 Å². The lowest BCUT2D eigenvalue weighted by Gasteiger charge is -2.23. The third kappa shape index (κ3) is 2.61. The minimum atomic E-state index is -0.549.